The Balaban J connectivity index is 1.38. The molecule has 2 aliphatic rings. The molecule has 0 saturated carbocycles. The van der Waals surface area contributed by atoms with E-state index in [1.165, 1.54) is 10.8 Å². The minimum atomic E-state index is -0.390. The molecule has 0 bridgehead atoms. The van der Waals surface area contributed by atoms with Gasteiger partial charge in [-0.1, -0.05) is 42.5 Å². The number of hydrogen-bond acceptors (Lipinski definition) is 3. The van der Waals surface area contributed by atoms with Crippen LogP contribution in [-0.4, -0.2) is 52.8 Å². The summed E-state index contributed by atoms with van der Waals surface area (Å²) in [5.74, 6) is 0. The molecular weight excluding hydrogens is 370 g/mol. The van der Waals surface area contributed by atoms with Crippen LogP contribution < -0.4 is 5.32 Å². The summed E-state index contributed by atoms with van der Waals surface area (Å²) in [6.45, 7) is 7.16. The number of thiocarbonyl (C=S) groups is 1. The van der Waals surface area contributed by atoms with Crippen LogP contribution in [0.5, 0.6) is 0 Å². The van der Waals surface area contributed by atoms with E-state index in [1.807, 2.05) is 17.0 Å². The molecule has 2 fully saturated rings. The number of carbonyl (C=O) groups is 1. The molecule has 0 radical (unpaired) electrons. The average Bonchev–Trinajstić information content (AvgIpc) is 3.01. The summed E-state index contributed by atoms with van der Waals surface area (Å²) >= 11 is 5.42. The highest BCUT2D eigenvalue weighted by atomic mass is 32.1. The maximum absolute atomic E-state index is 12.5. The predicted molar refractivity (Wildman–Crippen MR) is 115 cm³/mol. The molecule has 2 aliphatic heterocycles. The van der Waals surface area contributed by atoms with E-state index in [4.69, 9.17) is 17.0 Å². The standard InChI is InChI=1S/C22H25N3O2S/c1-2-11-23-20(28)24-12-9-22(10-13-24)16-25(21(26)27-22)15-17-7-8-18-5-3-4-6-19(18)14-17/h2-8,14H,1,9-13,15-16H2,(H,23,28). The van der Waals surface area contributed by atoms with Crippen molar-refractivity contribution in [3.8, 4) is 0 Å². The number of carbonyl (C=O) groups excluding carboxylic acids is 1. The lowest BCUT2D eigenvalue weighted by molar-refractivity contribution is 0.0147. The Kier molecular flexibility index (Phi) is 5.22. The van der Waals surface area contributed by atoms with Gasteiger partial charge in [0.15, 0.2) is 5.11 Å². The van der Waals surface area contributed by atoms with Gasteiger partial charge in [-0.2, -0.15) is 0 Å². The summed E-state index contributed by atoms with van der Waals surface area (Å²) in [5, 5.41) is 6.31. The van der Waals surface area contributed by atoms with E-state index >= 15 is 0 Å². The van der Waals surface area contributed by atoms with E-state index in [2.05, 4.69) is 47.1 Å². The second-order valence-corrected chi connectivity index (χ2v) is 7.94. The number of likely N-dealkylation sites (tertiary alicyclic amines) is 1. The molecule has 2 heterocycles. The molecule has 2 saturated heterocycles. The topological polar surface area (TPSA) is 44.8 Å². The Morgan fingerprint density at radius 1 is 1.21 bits per heavy atom. The molecule has 6 heteroatoms. The monoisotopic (exact) mass is 395 g/mol. The third-order valence-electron chi connectivity index (χ3n) is 5.59. The van der Waals surface area contributed by atoms with Crippen molar-refractivity contribution in [1.82, 2.24) is 15.1 Å². The molecule has 0 unspecified atom stereocenters. The van der Waals surface area contributed by atoms with Gasteiger partial charge in [0, 0.05) is 39.0 Å². The number of nitrogens with zero attached hydrogens (tertiary/aromatic N) is 2. The third-order valence-corrected chi connectivity index (χ3v) is 5.99. The van der Waals surface area contributed by atoms with Crippen LogP contribution in [0.4, 0.5) is 4.79 Å². The van der Waals surface area contributed by atoms with Crippen LogP contribution in [0.15, 0.2) is 55.1 Å². The number of amides is 1. The van der Waals surface area contributed by atoms with Gasteiger partial charge in [-0.25, -0.2) is 4.79 Å². The van der Waals surface area contributed by atoms with Crippen molar-refractivity contribution in [3.63, 3.8) is 0 Å². The first-order valence-electron chi connectivity index (χ1n) is 9.68. The second kappa shape index (κ2) is 7.80. The van der Waals surface area contributed by atoms with E-state index in [0.29, 0.717) is 19.6 Å². The Morgan fingerprint density at radius 2 is 1.96 bits per heavy atom. The van der Waals surface area contributed by atoms with Crippen LogP contribution >= 0.6 is 12.2 Å². The summed E-state index contributed by atoms with van der Waals surface area (Å²) in [5.41, 5.74) is 0.735. The summed E-state index contributed by atoms with van der Waals surface area (Å²) in [7, 11) is 0. The van der Waals surface area contributed by atoms with E-state index in [1.54, 1.807) is 6.08 Å². The Hall–Kier alpha value is -2.60. The van der Waals surface area contributed by atoms with Crippen LogP contribution in [-0.2, 0) is 11.3 Å². The SMILES string of the molecule is C=CCNC(=S)N1CCC2(CC1)CN(Cc1ccc3ccccc3c1)C(=O)O2. The predicted octanol–water partition coefficient (Wildman–Crippen LogP) is 3.69. The first-order chi connectivity index (χ1) is 13.6. The van der Waals surface area contributed by atoms with E-state index < -0.39 is 5.60 Å². The van der Waals surface area contributed by atoms with Crippen LogP contribution in [0, 0.1) is 0 Å². The molecule has 0 aromatic heterocycles. The molecule has 28 heavy (non-hydrogen) atoms. The van der Waals surface area contributed by atoms with Crippen molar-refractivity contribution < 1.29 is 9.53 Å². The maximum atomic E-state index is 12.5. The van der Waals surface area contributed by atoms with Crippen LogP contribution in [0.1, 0.15) is 18.4 Å². The molecule has 1 N–H and O–H groups in total. The molecular formula is C22H25N3O2S. The van der Waals surface area contributed by atoms with Gasteiger partial charge in [-0.15, -0.1) is 6.58 Å². The van der Waals surface area contributed by atoms with Gasteiger partial charge in [-0.3, -0.25) is 4.90 Å². The Labute approximate surface area is 170 Å². The van der Waals surface area contributed by atoms with E-state index in [9.17, 15) is 4.79 Å². The molecule has 0 atom stereocenters. The molecule has 2 aromatic carbocycles. The lowest BCUT2D eigenvalue weighted by Crippen LogP contribution is -2.51. The number of benzene rings is 2. The lowest BCUT2D eigenvalue weighted by Gasteiger charge is -2.38. The zero-order chi connectivity index (χ0) is 19.6. The Bertz CT molecular complexity index is 906. The average molecular weight is 396 g/mol. The number of hydrogen-bond donors (Lipinski definition) is 1. The highest BCUT2D eigenvalue weighted by molar-refractivity contribution is 7.80. The van der Waals surface area contributed by atoms with Crippen LogP contribution in [0.25, 0.3) is 10.8 Å². The quantitative estimate of drug-likeness (QED) is 0.632. The number of nitrogens with one attached hydrogen (secondary N) is 1. The van der Waals surface area contributed by atoms with Gasteiger partial charge < -0.3 is 15.0 Å². The van der Waals surface area contributed by atoms with Crippen LogP contribution in [0.2, 0.25) is 0 Å². The van der Waals surface area contributed by atoms with Gasteiger partial charge >= 0.3 is 6.09 Å². The molecule has 5 nitrogen and oxygen atoms in total. The van der Waals surface area contributed by atoms with Crippen LogP contribution in [0.3, 0.4) is 0 Å². The van der Waals surface area contributed by atoms with Crippen molar-refractivity contribution in [2.75, 3.05) is 26.2 Å². The molecule has 1 amide bonds. The first kappa shape index (κ1) is 18.7. The molecule has 0 aliphatic carbocycles. The molecule has 4 rings (SSSR count). The van der Waals surface area contributed by atoms with Gasteiger partial charge in [0.25, 0.3) is 0 Å². The van der Waals surface area contributed by atoms with Gasteiger partial charge in [-0.05, 0) is 34.6 Å². The fourth-order valence-electron chi connectivity index (χ4n) is 4.02. The minimum Gasteiger partial charge on any atom is -0.441 e. The van der Waals surface area contributed by atoms with Gasteiger partial charge in [0.1, 0.15) is 5.60 Å². The minimum absolute atomic E-state index is 0.214. The molecule has 2 aromatic rings. The summed E-state index contributed by atoms with van der Waals surface area (Å²) in [4.78, 5) is 16.5. The smallest absolute Gasteiger partial charge is 0.410 e. The van der Waals surface area contributed by atoms with E-state index in [-0.39, 0.29) is 6.09 Å². The number of rotatable bonds is 4. The number of piperidine rings is 1. The maximum Gasteiger partial charge on any atom is 0.410 e. The number of fused-ring (bicyclic) bond motifs is 1. The molecule has 1 spiro atoms. The van der Waals surface area contributed by atoms with Crippen molar-refractivity contribution in [1.29, 1.82) is 0 Å². The largest absolute Gasteiger partial charge is 0.441 e. The van der Waals surface area contributed by atoms with Gasteiger partial charge in [0.2, 0.25) is 0 Å². The van der Waals surface area contributed by atoms with Crippen molar-refractivity contribution in [2.45, 2.75) is 25.0 Å². The highest BCUT2D eigenvalue weighted by Crippen LogP contribution is 2.34. The highest BCUT2D eigenvalue weighted by Gasteiger charge is 2.47. The summed E-state index contributed by atoms with van der Waals surface area (Å²) < 4.78 is 5.85. The third kappa shape index (κ3) is 3.83. The summed E-state index contributed by atoms with van der Waals surface area (Å²) in [6, 6.07) is 14.6. The fourth-order valence-corrected chi connectivity index (χ4v) is 4.29. The zero-order valence-corrected chi connectivity index (χ0v) is 16.7. The fraction of sp³-hybridized carbons (Fsp3) is 0.364. The van der Waals surface area contributed by atoms with Crippen molar-refractivity contribution >= 4 is 34.2 Å². The second-order valence-electron chi connectivity index (χ2n) is 7.55. The van der Waals surface area contributed by atoms with E-state index in [0.717, 1.165) is 36.6 Å². The Morgan fingerprint density at radius 3 is 2.71 bits per heavy atom. The first-order valence-corrected chi connectivity index (χ1v) is 10.1. The van der Waals surface area contributed by atoms with Crippen molar-refractivity contribution in [3.05, 3.63) is 60.7 Å². The number of ether oxygens (including phenoxy) is 1. The molecule has 146 valence electrons. The lowest BCUT2D eigenvalue weighted by atomic mass is 9.91. The van der Waals surface area contributed by atoms with Crippen molar-refractivity contribution in [2.24, 2.45) is 0 Å². The summed E-state index contributed by atoms with van der Waals surface area (Å²) in [6.07, 6.45) is 3.17. The zero-order valence-electron chi connectivity index (χ0n) is 15.9. The normalized spacial score (nSPS) is 18.4. The van der Waals surface area contributed by atoms with Gasteiger partial charge in [0.05, 0.1) is 6.54 Å².